The zero-order chi connectivity index (χ0) is 16.9. The number of nitrogens with zero attached hydrogens (tertiary/aromatic N) is 3. The Morgan fingerprint density at radius 1 is 1.29 bits per heavy atom. The summed E-state index contributed by atoms with van der Waals surface area (Å²) < 4.78 is 13.3. The number of ether oxygens (including phenoxy) is 2. The first-order chi connectivity index (χ1) is 11.7. The number of anilines is 1. The van der Waals surface area contributed by atoms with Crippen LogP contribution in [-0.4, -0.2) is 48.7 Å². The zero-order valence-corrected chi connectivity index (χ0v) is 15.2. The third-order valence-electron chi connectivity index (χ3n) is 3.86. The third-order valence-corrected chi connectivity index (χ3v) is 4.39. The number of benzene rings is 1. The van der Waals surface area contributed by atoms with Gasteiger partial charge in [0.1, 0.15) is 12.4 Å². The Morgan fingerprint density at radius 2 is 2.00 bits per heavy atom. The molecular weight excluding hydrogens is 374 g/mol. The van der Waals surface area contributed by atoms with Gasteiger partial charge in [-0.05, 0) is 24.6 Å². The summed E-state index contributed by atoms with van der Waals surface area (Å²) in [5.41, 5.74) is 2.07. The molecule has 1 aliphatic rings. The molecule has 1 saturated heterocycles. The van der Waals surface area contributed by atoms with Crippen LogP contribution < -0.4 is 4.90 Å². The molecular formula is C17H20BrN3O3. The molecule has 24 heavy (non-hydrogen) atoms. The molecule has 1 aromatic heterocycles. The minimum absolute atomic E-state index is 0.108. The number of halogens is 1. The smallest absolute Gasteiger partial charge is 0.327 e. The van der Waals surface area contributed by atoms with Crippen LogP contribution in [0.1, 0.15) is 6.92 Å². The number of hydrogen-bond donors (Lipinski definition) is 0. The van der Waals surface area contributed by atoms with Crippen molar-refractivity contribution < 1.29 is 14.3 Å². The van der Waals surface area contributed by atoms with E-state index < -0.39 is 0 Å². The average molecular weight is 394 g/mol. The molecule has 0 aliphatic carbocycles. The highest BCUT2D eigenvalue weighted by molar-refractivity contribution is 9.10. The third kappa shape index (κ3) is 3.79. The predicted molar refractivity (Wildman–Crippen MR) is 95.0 cm³/mol. The van der Waals surface area contributed by atoms with Crippen molar-refractivity contribution in [2.45, 2.75) is 13.5 Å². The lowest BCUT2D eigenvalue weighted by Gasteiger charge is -2.30. The number of rotatable bonds is 5. The van der Waals surface area contributed by atoms with Crippen LogP contribution in [0.2, 0.25) is 0 Å². The normalized spacial score (nSPS) is 14.7. The molecule has 1 aliphatic heterocycles. The van der Waals surface area contributed by atoms with Crippen molar-refractivity contribution >= 4 is 27.7 Å². The number of aromatic nitrogens is 2. The quantitative estimate of drug-likeness (QED) is 0.730. The highest BCUT2D eigenvalue weighted by atomic mass is 79.9. The van der Waals surface area contributed by atoms with Crippen molar-refractivity contribution in [3.63, 3.8) is 0 Å². The lowest BCUT2D eigenvalue weighted by Crippen LogP contribution is -2.38. The fourth-order valence-corrected chi connectivity index (χ4v) is 3.03. The molecule has 0 unspecified atom stereocenters. The minimum Gasteiger partial charge on any atom is -0.465 e. The van der Waals surface area contributed by atoms with Gasteiger partial charge in [-0.25, -0.2) is 4.68 Å². The Labute approximate surface area is 149 Å². The van der Waals surface area contributed by atoms with E-state index in [4.69, 9.17) is 9.47 Å². The van der Waals surface area contributed by atoms with E-state index >= 15 is 0 Å². The molecule has 0 atom stereocenters. The number of carbonyl (C=O) groups is 1. The van der Waals surface area contributed by atoms with Crippen LogP contribution in [0.4, 0.5) is 5.82 Å². The molecule has 128 valence electrons. The van der Waals surface area contributed by atoms with E-state index in [1.165, 1.54) is 0 Å². The van der Waals surface area contributed by atoms with Gasteiger partial charge in [0.2, 0.25) is 0 Å². The van der Waals surface area contributed by atoms with Gasteiger partial charge in [0, 0.05) is 23.1 Å². The lowest BCUT2D eigenvalue weighted by atomic mass is 10.1. The lowest BCUT2D eigenvalue weighted by molar-refractivity contribution is -0.144. The summed E-state index contributed by atoms with van der Waals surface area (Å²) in [6.45, 7) is 5.17. The summed E-state index contributed by atoms with van der Waals surface area (Å²) in [6.07, 6.45) is 1.81. The van der Waals surface area contributed by atoms with Crippen LogP contribution in [0.25, 0.3) is 11.1 Å². The Morgan fingerprint density at radius 3 is 2.67 bits per heavy atom. The van der Waals surface area contributed by atoms with Crippen LogP contribution in [-0.2, 0) is 20.8 Å². The first-order valence-corrected chi connectivity index (χ1v) is 8.78. The first-order valence-electron chi connectivity index (χ1n) is 7.99. The van der Waals surface area contributed by atoms with E-state index in [1.54, 1.807) is 11.6 Å². The van der Waals surface area contributed by atoms with Crippen molar-refractivity contribution in [1.29, 1.82) is 0 Å². The van der Waals surface area contributed by atoms with Gasteiger partial charge >= 0.3 is 5.97 Å². The van der Waals surface area contributed by atoms with Gasteiger partial charge in [0.25, 0.3) is 0 Å². The maximum Gasteiger partial charge on any atom is 0.327 e. The average Bonchev–Trinajstić information content (AvgIpc) is 3.00. The van der Waals surface area contributed by atoms with Gasteiger partial charge in [-0.2, -0.15) is 5.10 Å². The number of morpholine rings is 1. The molecule has 0 radical (unpaired) electrons. The van der Waals surface area contributed by atoms with Gasteiger partial charge in [-0.1, -0.05) is 28.1 Å². The molecule has 0 N–H and O–H groups in total. The molecule has 1 aromatic carbocycles. The SMILES string of the molecule is CCOC(=O)Cn1ncc(-c2ccc(Br)cc2)c1N1CCOCC1. The number of esters is 1. The summed E-state index contributed by atoms with van der Waals surface area (Å²) in [4.78, 5) is 14.1. The van der Waals surface area contributed by atoms with E-state index in [2.05, 4.69) is 25.9 Å². The maximum absolute atomic E-state index is 11.9. The fourth-order valence-electron chi connectivity index (χ4n) is 2.77. The van der Waals surface area contributed by atoms with E-state index in [1.807, 2.05) is 30.5 Å². The van der Waals surface area contributed by atoms with E-state index in [-0.39, 0.29) is 12.5 Å². The Balaban J connectivity index is 1.96. The molecule has 0 spiro atoms. The van der Waals surface area contributed by atoms with Crippen molar-refractivity contribution in [1.82, 2.24) is 9.78 Å². The predicted octanol–water partition coefficient (Wildman–Crippen LogP) is 2.71. The molecule has 2 heterocycles. The van der Waals surface area contributed by atoms with Gasteiger partial charge in [0.15, 0.2) is 0 Å². The molecule has 0 bridgehead atoms. The minimum atomic E-state index is -0.280. The second kappa shape index (κ2) is 7.81. The summed E-state index contributed by atoms with van der Waals surface area (Å²) >= 11 is 3.46. The van der Waals surface area contributed by atoms with Crippen LogP contribution in [0.15, 0.2) is 34.9 Å². The molecule has 7 heteroatoms. The van der Waals surface area contributed by atoms with E-state index in [0.29, 0.717) is 19.8 Å². The highest BCUT2D eigenvalue weighted by Crippen LogP contribution is 2.32. The summed E-state index contributed by atoms with van der Waals surface area (Å²) in [5.74, 6) is 0.658. The highest BCUT2D eigenvalue weighted by Gasteiger charge is 2.22. The standard InChI is InChI=1S/C17H20BrN3O3/c1-2-24-16(22)12-21-17(20-7-9-23-10-8-20)15(11-19-21)13-3-5-14(18)6-4-13/h3-6,11H,2,7-10,12H2,1H3. The van der Waals surface area contributed by atoms with Crippen LogP contribution in [0.3, 0.4) is 0 Å². The van der Waals surface area contributed by atoms with E-state index in [0.717, 1.165) is 34.5 Å². The Bertz CT molecular complexity index is 694. The monoisotopic (exact) mass is 393 g/mol. The van der Waals surface area contributed by atoms with Crippen molar-refractivity contribution in [3.05, 3.63) is 34.9 Å². The summed E-state index contributed by atoms with van der Waals surface area (Å²) in [6, 6.07) is 8.09. The maximum atomic E-state index is 11.9. The van der Waals surface area contributed by atoms with Crippen molar-refractivity contribution in [2.24, 2.45) is 0 Å². The fraction of sp³-hybridized carbons (Fsp3) is 0.412. The van der Waals surface area contributed by atoms with Gasteiger partial charge in [-0.3, -0.25) is 4.79 Å². The topological polar surface area (TPSA) is 56.6 Å². The van der Waals surface area contributed by atoms with Gasteiger partial charge < -0.3 is 14.4 Å². The van der Waals surface area contributed by atoms with Crippen molar-refractivity contribution in [2.75, 3.05) is 37.8 Å². The summed E-state index contributed by atoms with van der Waals surface area (Å²) in [7, 11) is 0. The second-order valence-electron chi connectivity index (χ2n) is 5.45. The van der Waals surface area contributed by atoms with E-state index in [9.17, 15) is 4.79 Å². The number of hydrogen-bond acceptors (Lipinski definition) is 5. The molecule has 0 saturated carbocycles. The summed E-state index contributed by atoms with van der Waals surface area (Å²) in [5, 5.41) is 4.43. The zero-order valence-electron chi connectivity index (χ0n) is 13.6. The van der Waals surface area contributed by atoms with Crippen LogP contribution in [0.5, 0.6) is 0 Å². The van der Waals surface area contributed by atoms with Crippen molar-refractivity contribution in [3.8, 4) is 11.1 Å². The molecule has 2 aromatic rings. The Kier molecular flexibility index (Phi) is 5.52. The van der Waals surface area contributed by atoms with Crippen LogP contribution >= 0.6 is 15.9 Å². The molecule has 1 fully saturated rings. The largest absolute Gasteiger partial charge is 0.465 e. The van der Waals surface area contributed by atoms with Gasteiger partial charge in [0.05, 0.1) is 26.0 Å². The molecule has 0 amide bonds. The van der Waals surface area contributed by atoms with Crippen LogP contribution in [0, 0.1) is 0 Å². The molecule has 3 rings (SSSR count). The number of carbonyl (C=O) groups excluding carboxylic acids is 1. The van der Waals surface area contributed by atoms with Gasteiger partial charge in [-0.15, -0.1) is 0 Å². The molecule has 6 nitrogen and oxygen atoms in total. The Hall–Kier alpha value is -1.86. The second-order valence-corrected chi connectivity index (χ2v) is 6.37. The first kappa shape index (κ1) is 17.0.